The number of nitrogens with zero attached hydrogens (tertiary/aromatic N) is 2. The molecule has 1 aliphatic heterocycles. The highest BCUT2D eigenvalue weighted by Crippen LogP contribution is 2.20. The maximum Gasteiger partial charge on any atom is 0.269 e. The predicted octanol–water partition coefficient (Wildman–Crippen LogP) is 3.18. The quantitative estimate of drug-likeness (QED) is 0.849. The van der Waals surface area contributed by atoms with Gasteiger partial charge >= 0.3 is 0 Å². The number of piperidine rings is 1. The number of amides is 1. The van der Waals surface area contributed by atoms with E-state index in [1.165, 1.54) is 11.1 Å². The topological polar surface area (TPSA) is 61.0 Å². The summed E-state index contributed by atoms with van der Waals surface area (Å²) in [5.41, 5.74) is 3.31. The fraction of sp³-hybridized carbons (Fsp3) is 0.500. The van der Waals surface area contributed by atoms with Gasteiger partial charge in [0.25, 0.3) is 5.91 Å². The molecule has 134 valence electrons. The van der Waals surface area contributed by atoms with E-state index in [9.17, 15) is 4.79 Å². The minimum absolute atomic E-state index is 0.0647. The highest BCUT2D eigenvalue weighted by Gasteiger charge is 2.20. The van der Waals surface area contributed by atoms with Gasteiger partial charge in [-0.25, -0.2) is 0 Å². The molecule has 0 spiro atoms. The molecule has 5 heteroatoms. The van der Waals surface area contributed by atoms with Crippen molar-refractivity contribution in [3.05, 3.63) is 53.3 Å². The smallest absolute Gasteiger partial charge is 0.269 e. The average Bonchev–Trinajstić information content (AvgIpc) is 3.16. The number of benzene rings is 1. The van der Waals surface area contributed by atoms with Crippen LogP contribution in [0.1, 0.15) is 54.2 Å². The Kier molecular flexibility index (Phi) is 5.87. The van der Waals surface area contributed by atoms with Gasteiger partial charge in [-0.05, 0) is 55.0 Å². The van der Waals surface area contributed by atoms with E-state index in [0.717, 1.165) is 39.0 Å². The molecule has 1 aliphatic rings. The molecule has 25 heavy (non-hydrogen) atoms. The Labute approximate surface area is 149 Å². The summed E-state index contributed by atoms with van der Waals surface area (Å²) in [7, 11) is 0. The third-order valence-electron chi connectivity index (χ3n) is 5.06. The zero-order valence-corrected chi connectivity index (χ0v) is 15.2. The molecule has 3 rings (SSSR count). The molecule has 2 heterocycles. The van der Waals surface area contributed by atoms with Gasteiger partial charge in [0, 0.05) is 19.3 Å². The van der Waals surface area contributed by atoms with Crippen LogP contribution in [0.25, 0.3) is 0 Å². The van der Waals surface area contributed by atoms with Gasteiger partial charge in [0.15, 0.2) is 0 Å². The first-order valence-electron chi connectivity index (χ1n) is 9.20. The van der Waals surface area contributed by atoms with Crippen molar-refractivity contribution in [3.63, 3.8) is 0 Å². The number of nitrogens with one attached hydrogen (secondary N) is 2. The van der Waals surface area contributed by atoms with Crippen LogP contribution in [0.5, 0.6) is 0 Å². The third kappa shape index (κ3) is 4.92. The Balaban J connectivity index is 1.40. The van der Waals surface area contributed by atoms with Crippen molar-refractivity contribution in [2.45, 2.75) is 39.2 Å². The molecule has 1 aromatic carbocycles. The van der Waals surface area contributed by atoms with E-state index in [1.54, 1.807) is 12.3 Å². The average molecular weight is 340 g/mol. The van der Waals surface area contributed by atoms with Gasteiger partial charge in [0.05, 0.1) is 0 Å². The van der Waals surface area contributed by atoms with E-state index in [1.807, 2.05) is 0 Å². The van der Waals surface area contributed by atoms with Crippen molar-refractivity contribution >= 4 is 5.91 Å². The molecule has 1 aromatic heterocycles. The molecular formula is C20H28N4O. The van der Waals surface area contributed by atoms with E-state index in [2.05, 4.69) is 58.5 Å². The maximum atomic E-state index is 11.9. The highest BCUT2D eigenvalue weighted by atomic mass is 16.1. The summed E-state index contributed by atoms with van der Waals surface area (Å²) in [6.45, 7) is 8.41. The Morgan fingerprint density at radius 1 is 1.24 bits per heavy atom. The molecular weight excluding hydrogens is 312 g/mol. The Bertz CT molecular complexity index is 656. The number of H-pyrrole nitrogens is 1. The molecule has 0 aliphatic carbocycles. The fourth-order valence-electron chi connectivity index (χ4n) is 3.33. The van der Waals surface area contributed by atoms with Gasteiger partial charge in [-0.1, -0.05) is 38.1 Å². The second-order valence-electron chi connectivity index (χ2n) is 7.30. The van der Waals surface area contributed by atoms with Gasteiger partial charge in [0.1, 0.15) is 5.69 Å². The number of hydrogen-bond acceptors (Lipinski definition) is 3. The van der Waals surface area contributed by atoms with E-state index < -0.39 is 0 Å². The lowest BCUT2D eigenvalue weighted by Gasteiger charge is -2.32. The summed E-state index contributed by atoms with van der Waals surface area (Å²) >= 11 is 0. The minimum atomic E-state index is -0.0647. The second kappa shape index (κ2) is 8.30. The Hall–Kier alpha value is -2.14. The van der Waals surface area contributed by atoms with E-state index in [0.29, 0.717) is 17.5 Å². The van der Waals surface area contributed by atoms with E-state index in [-0.39, 0.29) is 5.91 Å². The van der Waals surface area contributed by atoms with Gasteiger partial charge in [-0.3, -0.25) is 14.8 Å². The minimum Gasteiger partial charge on any atom is -0.350 e. The zero-order chi connectivity index (χ0) is 17.6. The van der Waals surface area contributed by atoms with Crippen molar-refractivity contribution < 1.29 is 4.79 Å². The Morgan fingerprint density at radius 2 is 1.96 bits per heavy atom. The van der Waals surface area contributed by atoms with Crippen molar-refractivity contribution in [2.24, 2.45) is 5.92 Å². The number of aromatic amines is 1. The number of hydrogen-bond donors (Lipinski definition) is 2. The molecule has 0 atom stereocenters. The zero-order valence-electron chi connectivity index (χ0n) is 15.2. The molecule has 2 N–H and O–H groups in total. The first-order valence-corrected chi connectivity index (χ1v) is 9.20. The standard InChI is InChI=1S/C20H28N4O/c1-15(2)18-5-3-17(4-6-18)14-24-11-8-16(9-12-24)13-21-20(25)19-7-10-22-23-19/h3-7,10,15-16H,8-9,11-14H2,1-2H3,(H,21,25)(H,22,23). The predicted molar refractivity (Wildman–Crippen MR) is 99.5 cm³/mol. The molecule has 1 fully saturated rings. The fourth-order valence-corrected chi connectivity index (χ4v) is 3.33. The van der Waals surface area contributed by atoms with Crippen LogP contribution >= 0.6 is 0 Å². The summed E-state index contributed by atoms with van der Waals surface area (Å²) < 4.78 is 0. The summed E-state index contributed by atoms with van der Waals surface area (Å²) in [5, 5.41) is 9.52. The maximum absolute atomic E-state index is 11.9. The summed E-state index contributed by atoms with van der Waals surface area (Å²) in [4.78, 5) is 14.4. The lowest BCUT2D eigenvalue weighted by molar-refractivity contribution is 0.0930. The van der Waals surface area contributed by atoms with Crippen LogP contribution in [0.4, 0.5) is 0 Å². The van der Waals surface area contributed by atoms with E-state index >= 15 is 0 Å². The number of carbonyl (C=O) groups excluding carboxylic acids is 1. The number of rotatable bonds is 6. The summed E-state index contributed by atoms with van der Waals surface area (Å²) in [5.74, 6) is 1.08. The van der Waals surface area contributed by atoms with Crippen molar-refractivity contribution in [1.82, 2.24) is 20.4 Å². The van der Waals surface area contributed by atoms with Gasteiger partial charge in [0.2, 0.25) is 0 Å². The lowest BCUT2D eigenvalue weighted by Crippen LogP contribution is -2.38. The number of aromatic nitrogens is 2. The number of carbonyl (C=O) groups is 1. The molecule has 0 bridgehead atoms. The van der Waals surface area contributed by atoms with Crippen LogP contribution in [-0.2, 0) is 6.54 Å². The third-order valence-corrected chi connectivity index (χ3v) is 5.06. The van der Waals surface area contributed by atoms with E-state index in [4.69, 9.17) is 0 Å². The highest BCUT2D eigenvalue weighted by molar-refractivity contribution is 5.92. The normalized spacial score (nSPS) is 16.3. The molecule has 0 saturated carbocycles. The van der Waals surface area contributed by atoms with Crippen molar-refractivity contribution in [1.29, 1.82) is 0 Å². The monoisotopic (exact) mass is 340 g/mol. The van der Waals surface area contributed by atoms with Crippen LogP contribution in [0.2, 0.25) is 0 Å². The summed E-state index contributed by atoms with van der Waals surface area (Å²) in [6.07, 6.45) is 3.86. The molecule has 0 radical (unpaired) electrons. The SMILES string of the molecule is CC(C)c1ccc(CN2CCC(CNC(=O)c3ccn[nH]3)CC2)cc1. The van der Waals surface area contributed by atoms with Crippen LogP contribution in [0.15, 0.2) is 36.5 Å². The lowest BCUT2D eigenvalue weighted by atomic mass is 9.96. The number of likely N-dealkylation sites (tertiary alicyclic amines) is 1. The molecule has 1 saturated heterocycles. The van der Waals surface area contributed by atoms with Gasteiger partial charge in [-0.15, -0.1) is 0 Å². The van der Waals surface area contributed by atoms with Crippen molar-refractivity contribution in [3.8, 4) is 0 Å². The van der Waals surface area contributed by atoms with Crippen LogP contribution in [-0.4, -0.2) is 40.6 Å². The second-order valence-corrected chi connectivity index (χ2v) is 7.30. The van der Waals surface area contributed by atoms with Crippen LogP contribution in [0.3, 0.4) is 0 Å². The molecule has 1 amide bonds. The van der Waals surface area contributed by atoms with Gasteiger partial charge < -0.3 is 5.32 Å². The molecule has 0 unspecified atom stereocenters. The largest absolute Gasteiger partial charge is 0.350 e. The van der Waals surface area contributed by atoms with Crippen molar-refractivity contribution in [2.75, 3.05) is 19.6 Å². The molecule has 5 nitrogen and oxygen atoms in total. The van der Waals surface area contributed by atoms with Crippen LogP contribution < -0.4 is 5.32 Å². The molecule has 2 aromatic rings. The van der Waals surface area contributed by atoms with Crippen LogP contribution in [0, 0.1) is 5.92 Å². The Morgan fingerprint density at radius 3 is 2.56 bits per heavy atom. The van der Waals surface area contributed by atoms with Gasteiger partial charge in [-0.2, -0.15) is 5.10 Å². The first kappa shape index (κ1) is 17.7. The first-order chi connectivity index (χ1) is 12.1. The summed E-state index contributed by atoms with van der Waals surface area (Å²) in [6, 6.07) is 10.7.